The molecule has 1 aromatic heterocycles. The fourth-order valence-corrected chi connectivity index (χ4v) is 3.12. The maximum atomic E-state index is 6.17. The molecule has 1 aromatic carbocycles. The Kier molecular flexibility index (Phi) is 4.27. The largest absolute Gasteiger partial charge is 0.326 e. The summed E-state index contributed by atoms with van der Waals surface area (Å²) in [5.74, 6) is 0. The predicted molar refractivity (Wildman–Crippen MR) is 77.2 cm³/mol. The van der Waals surface area contributed by atoms with Crippen molar-refractivity contribution < 1.29 is 0 Å². The van der Waals surface area contributed by atoms with Crippen LogP contribution in [0.1, 0.15) is 16.8 Å². The zero-order valence-corrected chi connectivity index (χ0v) is 12.0. The van der Waals surface area contributed by atoms with E-state index in [2.05, 4.69) is 18.0 Å². The van der Waals surface area contributed by atoms with Crippen molar-refractivity contribution in [3.05, 3.63) is 52.2 Å². The number of nitrogens with two attached hydrogens (primary N) is 1. The van der Waals surface area contributed by atoms with Crippen molar-refractivity contribution in [2.45, 2.75) is 30.3 Å². The lowest BCUT2D eigenvalue weighted by atomic mass is 10.1. The molecular formula is C14H15ClN2S. The summed E-state index contributed by atoms with van der Waals surface area (Å²) in [5, 5.41) is 1.69. The van der Waals surface area contributed by atoms with Gasteiger partial charge in [-0.25, -0.2) is 4.98 Å². The first-order valence-electron chi connectivity index (χ1n) is 5.71. The summed E-state index contributed by atoms with van der Waals surface area (Å²) in [6.07, 6.45) is 0. The molecule has 4 heteroatoms. The number of aromatic nitrogens is 1. The number of rotatable bonds is 3. The van der Waals surface area contributed by atoms with Crippen LogP contribution in [0.15, 0.2) is 40.3 Å². The van der Waals surface area contributed by atoms with Crippen LogP contribution < -0.4 is 5.73 Å². The molecule has 0 unspecified atom stereocenters. The first kappa shape index (κ1) is 13.4. The number of hydrogen-bond donors (Lipinski definition) is 1. The summed E-state index contributed by atoms with van der Waals surface area (Å²) >= 11 is 7.74. The topological polar surface area (TPSA) is 38.9 Å². The monoisotopic (exact) mass is 278 g/mol. The van der Waals surface area contributed by atoms with Gasteiger partial charge in [0.05, 0.1) is 5.02 Å². The molecular weight excluding hydrogens is 264 g/mol. The van der Waals surface area contributed by atoms with Gasteiger partial charge in [-0.05, 0) is 37.6 Å². The number of hydrogen-bond acceptors (Lipinski definition) is 3. The number of nitrogens with zero attached hydrogens (tertiary/aromatic N) is 1. The van der Waals surface area contributed by atoms with Gasteiger partial charge in [-0.3, -0.25) is 0 Å². The molecule has 2 aromatic rings. The summed E-state index contributed by atoms with van der Waals surface area (Å²) in [6, 6.07) is 9.82. The molecule has 2 N–H and O–H groups in total. The number of benzene rings is 1. The third-order valence-corrected chi connectivity index (χ3v) is 4.23. The van der Waals surface area contributed by atoms with Crippen molar-refractivity contribution in [1.82, 2.24) is 4.98 Å². The lowest BCUT2D eigenvalue weighted by Crippen LogP contribution is -2.04. The van der Waals surface area contributed by atoms with E-state index in [0.29, 0.717) is 6.54 Å². The van der Waals surface area contributed by atoms with Crippen molar-refractivity contribution >= 4 is 23.4 Å². The molecule has 0 amide bonds. The molecule has 0 bridgehead atoms. The van der Waals surface area contributed by atoms with Crippen LogP contribution in [0.25, 0.3) is 0 Å². The van der Waals surface area contributed by atoms with E-state index in [1.807, 2.05) is 31.2 Å². The second-order valence-corrected chi connectivity index (χ2v) is 5.54. The van der Waals surface area contributed by atoms with Crippen molar-refractivity contribution in [2.24, 2.45) is 5.73 Å². The van der Waals surface area contributed by atoms with Gasteiger partial charge in [0, 0.05) is 22.7 Å². The number of pyridine rings is 1. The van der Waals surface area contributed by atoms with Gasteiger partial charge in [0.1, 0.15) is 5.03 Å². The zero-order valence-electron chi connectivity index (χ0n) is 10.4. The van der Waals surface area contributed by atoms with Crippen molar-refractivity contribution in [1.29, 1.82) is 0 Å². The quantitative estimate of drug-likeness (QED) is 0.924. The van der Waals surface area contributed by atoms with Crippen molar-refractivity contribution in [3.63, 3.8) is 0 Å². The Hall–Kier alpha value is -1.03. The molecule has 0 radical (unpaired) electrons. The minimum absolute atomic E-state index is 0.492. The third kappa shape index (κ3) is 2.86. The molecule has 0 aliphatic rings. The first-order valence-corrected chi connectivity index (χ1v) is 6.91. The summed E-state index contributed by atoms with van der Waals surface area (Å²) in [5.41, 5.74) is 9.07. The molecule has 0 fully saturated rings. The summed E-state index contributed by atoms with van der Waals surface area (Å²) in [4.78, 5) is 5.57. The third-order valence-electron chi connectivity index (χ3n) is 2.68. The maximum Gasteiger partial charge on any atom is 0.106 e. The summed E-state index contributed by atoms with van der Waals surface area (Å²) in [7, 11) is 0. The molecule has 0 aliphatic carbocycles. The Morgan fingerprint density at radius 3 is 2.67 bits per heavy atom. The van der Waals surface area contributed by atoms with Gasteiger partial charge >= 0.3 is 0 Å². The molecule has 2 rings (SSSR count). The van der Waals surface area contributed by atoms with E-state index in [1.54, 1.807) is 11.8 Å². The average Bonchev–Trinajstić information content (AvgIpc) is 2.31. The molecule has 2 nitrogen and oxygen atoms in total. The van der Waals surface area contributed by atoms with Gasteiger partial charge in [-0.2, -0.15) is 0 Å². The van der Waals surface area contributed by atoms with Crippen LogP contribution in [-0.4, -0.2) is 4.98 Å². The summed E-state index contributed by atoms with van der Waals surface area (Å²) in [6.45, 7) is 4.55. The molecule has 0 aliphatic heterocycles. The highest BCUT2D eigenvalue weighted by Gasteiger charge is 2.10. The molecule has 1 heterocycles. The van der Waals surface area contributed by atoms with Gasteiger partial charge < -0.3 is 5.73 Å². The highest BCUT2D eigenvalue weighted by atomic mass is 35.5. The van der Waals surface area contributed by atoms with Crippen LogP contribution >= 0.6 is 23.4 Å². The minimum atomic E-state index is 0.492. The van der Waals surface area contributed by atoms with E-state index in [1.165, 1.54) is 5.56 Å². The second kappa shape index (κ2) is 5.74. The van der Waals surface area contributed by atoms with Crippen LogP contribution in [-0.2, 0) is 6.54 Å². The fourth-order valence-electron chi connectivity index (χ4n) is 1.79. The molecule has 0 spiro atoms. The Bertz CT molecular complexity index is 570. The van der Waals surface area contributed by atoms with Crippen molar-refractivity contribution in [3.8, 4) is 0 Å². The SMILES string of the molecule is Cc1cc(C)c(CN)c(Sc2ccccc2Cl)n1. The second-order valence-electron chi connectivity index (χ2n) is 4.10. The Balaban J connectivity index is 2.43. The standard InChI is InChI=1S/C14H15ClN2S/c1-9-7-10(2)17-14(11(9)8-16)18-13-6-4-3-5-12(13)15/h3-7H,8,16H2,1-2H3. The smallest absolute Gasteiger partial charge is 0.106 e. The fraction of sp³-hybridized carbons (Fsp3) is 0.214. The van der Waals surface area contributed by atoms with Gasteiger partial charge in [0.15, 0.2) is 0 Å². The van der Waals surface area contributed by atoms with E-state index in [-0.39, 0.29) is 0 Å². The van der Waals surface area contributed by atoms with E-state index in [4.69, 9.17) is 17.3 Å². The number of halogens is 1. The van der Waals surface area contributed by atoms with Crippen molar-refractivity contribution in [2.75, 3.05) is 0 Å². The highest BCUT2D eigenvalue weighted by molar-refractivity contribution is 7.99. The van der Waals surface area contributed by atoms with Crippen LogP contribution in [0.4, 0.5) is 0 Å². The van der Waals surface area contributed by atoms with Crippen LogP contribution in [0.2, 0.25) is 5.02 Å². The predicted octanol–water partition coefficient (Wildman–Crippen LogP) is 3.96. The molecule has 0 saturated carbocycles. The van der Waals surface area contributed by atoms with E-state index < -0.39 is 0 Å². The number of aryl methyl sites for hydroxylation is 2. The Morgan fingerprint density at radius 1 is 1.28 bits per heavy atom. The Morgan fingerprint density at radius 2 is 2.00 bits per heavy atom. The van der Waals surface area contributed by atoms with Gasteiger partial charge in [-0.1, -0.05) is 35.5 Å². The maximum absolute atomic E-state index is 6.17. The van der Waals surface area contributed by atoms with Crippen LogP contribution in [0.5, 0.6) is 0 Å². The van der Waals surface area contributed by atoms with Crippen LogP contribution in [0, 0.1) is 13.8 Å². The van der Waals surface area contributed by atoms with Crippen LogP contribution in [0.3, 0.4) is 0 Å². The normalized spacial score (nSPS) is 10.7. The lowest BCUT2D eigenvalue weighted by Gasteiger charge is -2.11. The molecule has 0 atom stereocenters. The van der Waals surface area contributed by atoms with E-state index >= 15 is 0 Å². The van der Waals surface area contributed by atoms with Gasteiger partial charge in [-0.15, -0.1) is 0 Å². The first-order chi connectivity index (χ1) is 8.61. The highest BCUT2D eigenvalue weighted by Crippen LogP contribution is 2.34. The van der Waals surface area contributed by atoms with E-state index in [9.17, 15) is 0 Å². The summed E-state index contributed by atoms with van der Waals surface area (Å²) < 4.78 is 0. The lowest BCUT2D eigenvalue weighted by molar-refractivity contribution is 0.922. The van der Waals surface area contributed by atoms with Gasteiger partial charge in [0.25, 0.3) is 0 Å². The Labute approximate surface area is 117 Å². The molecule has 94 valence electrons. The molecule has 0 saturated heterocycles. The molecule has 18 heavy (non-hydrogen) atoms. The zero-order chi connectivity index (χ0) is 13.1. The average molecular weight is 279 g/mol. The van der Waals surface area contributed by atoms with Gasteiger partial charge in [0.2, 0.25) is 0 Å². The van der Waals surface area contributed by atoms with E-state index in [0.717, 1.165) is 26.2 Å². The minimum Gasteiger partial charge on any atom is -0.326 e.